The lowest BCUT2D eigenvalue weighted by molar-refractivity contribution is -0.167. The average Bonchev–Trinajstić information content (AvgIpc) is 2.84. The number of aromatic nitrogens is 1. The lowest BCUT2D eigenvalue weighted by Gasteiger charge is -2.42. The van der Waals surface area contributed by atoms with Crippen LogP contribution in [-0.4, -0.2) is 54.0 Å². The molecule has 2 heterocycles. The van der Waals surface area contributed by atoms with Crippen LogP contribution in [0.1, 0.15) is 37.7 Å². The summed E-state index contributed by atoms with van der Waals surface area (Å²) in [4.78, 5) is 32.2. The number of hydrogen-bond donors (Lipinski definition) is 1. The first-order valence-corrected chi connectivity index (χ1v) is 11.3. The van der Waals surface area contributed by atoms with Crippen molar-refractivity contribution in [3.63, 3.8) is 0 Å². The summed E-state index contributed by atoms with van der Waals surface area (Å²) in [5, 5.41) is 2.77. The number of likely N-dealkylation sites (N-methyl/N-ethyl adjacent to an activating group) is 1. The molecule has 1 N–H and O–H groups in total. The van der Waals surface area contributed by atoms with E-state index in [4.69, 9.17) is 4.74 Å². The molecule has 2 amide bonds. The van der Waals surface area contributed by atoms with Crippen molar-refractivity contribution in [2.24, 2.45) is 5.92 Å². The number of carbonyl (C=O) groups excluding carboxylic acids is 2. The van der Waals surface area contributed by atoms with Gasteiger partial charge in [0.25, 0.3) is 5.91 Å². The van der Waals surface area contributed by atoms with Gasteiger partial charge in [0.05, 0.1) is 13.2 Å². The molecule has 6 nitrogen and oxygen atoms in total. The van der Waals surface area contributed by atoms with Crippen LogP contribution in [0.3, 0.4) is 0 Å². The first-order valence-electron chi connectivity index (χ1n) is 11.3. The van der Waals surface area contributed by atoms with Gasteiger partial charge < -0.3 is 15.0 Å². The molecule has 2 aliphatic rings. The highest BCUT2D eigenvalue weighted by atomic mass is 16.5. The second-order valence-corrected chi connectivity index (χ2v) is 8.64. The van der Waals surface area contributed by atoms with E-state index in [1.807, 2.05) is 41.4 Å². The number of ether oxygens (including phenoxy) is 1. The zero-order chi connectivity index (χ0) is 21.7. The summed E-state index contributed by atoms with van der Waals surface area (Å²) in [5.74, 6) is 0.0870. The van der Waals surface area contributed by atoms with E-state index in [2.05, 4.69) is 16.4 Å². The van der Waals surface area contributed by atoms with Gasteiger partial charge in [-0.15, -0.1) is 0 Å². The SMILES string of the molecule is CNC(=O)[C@]1(Cc2cccc(-c3cccnc3)c2)CN(C(=O)C2CCCCC2)CCO1. The van der Waals surface area contributed by atoms with Crippen molar-refractivity contribution in [2.75, 3.05) is 26.7 Å². The lowest BCUT2D eigenvalue weighted by Crippen LogP contribution is -2.62. The van der Waals surface area contributed by atoms with Crippen molar-refractivity contribution in [3.8, 4) is 11.1 Å². The Morgan fingerprint density at radius 3 is 2.71 bits per heavy atom. The number of morpholine rings is 1. The van der Waals surface area contributed by atoms with E-state index < -0.39 is 5.60 Å². The summed E-state index contributed by atoms with van der Waals surface area (Å²) in [6.07, 6.45) is 9.34. The predicted octanol–water partition coefficient (Wildman–Crippen LogP) is 3.22. The predicted molar refractivity (Wildman–Crippen MR) is 119 cm³/mol. The van der Waals surface area contributed by atoms with Crippen LogP contribution >= 0.6 is 0 Å². The molecule has 6 heteroatoms. The van der Waals surface area contributed by atoms with Crippen LogP contribution < -0.4 is 5.32 Å². The van der Waals surface area contributed by atoms with Gasteiger partial charge in [-0.3, -0.25) is 14.6 Å². The van der Waals surface area contributed by atoms with Gasteiger partial charge in [-0.1, -0.05) is 49.6 Å². The van der Waals surface area contributed by atoms with Crippen molar-refractivity contribution in [3.05, 3.63) is 54.4 Å². The summed E-state index contributed by atoms with van der Waals surface area (Å²) in [6.45, 7) is 1.21. The molecule has 1 aliphatic heterocycles. The minimum atomic E-state index is -1.08. The largest absolute Gasteiger partial charge is 0.361 e. The molecule has 2 aromatic rings. The van der Waals surface area contributed by atoms with E-state index >= 15 is 0 Å². The van der Waals surface area contributed by atoms with E-state index in [1.165, 1.54) is 6.42 Å². The molecule has 164 valence electrons. The quantitative estimate of drug-likeness (QED) is 0.805. The first kappa shape index (κ1) is 21.5. The van der Waals surface area contributed by atoms with Gasteiger partial charge in [-0.2, -0.15) is 0 Å². The number of hydrogen-bond acceptors (Lipinski definition) is 4. The molecule has 0 unspecified atom stereocenters. The maximum atomic E-state index is 13.2. The lowest BCUT2D eigenvalue weighted by atomic mass is 9.86. The highest BCUT2D eigenvalue weighted by molar-refractivity contribution is 5.87. The third kappa shape index (κ3) is 4.79. The number of benzene rings is 1. The summed E-state index contributed by atoms with van der Waals surface area (Å²) >= 11 is 0. The highest BCUT2D eigenvalue weighted by Gasteiger charge is 2.45. The highest BCUT2D eigenvalue weighted by Crippen LogP contribution is 2.30. The van der Waals surface area contributed by atoms with E-state index in [9.17, 15) is 9.59 Å². The molecule has 2 fully saturated rings. The number of carbonyl (C=O) groups is 2. The Bertz CT molecular complexity index is 911. The number of amides is 2. The molecule has 1 saturated carbocycles. The van der Waals surface area contributed by atoms with E-state index in [-0.39, 0.29) is 17.7 Å². The number of rotatable bonds is 5. The molecule has 1 aromatic heterocycles. The smallest absolute Gasteiger partial charge is 0.254 e. The monoisotopic (exact) mass is 421 g/mol. The molecule has 1 saturated heterocycles. The zero-order valence-electron chi connectivity index (χ0n) is 18.2. The molecule has 0 bridgehead atoms. The molecule has 4 rings (SSSR count). The number of nitrogens with one attached hydrogen (secondary N) is 1. The number of nitrogens with zero attached hydrogens (tertiary/aromatic N) is 2. The Kier molecular flexibility index (Phi) is 6.66. The molecular weight excluding hydrogens is 390 g/mol. The minimum absolute atomic E-state index is 0.0862. The fraction of sp³-hybridized carbons (Fsp3) is 0.480. The van der Waals surface area contributed by atoms with E-state index in [0.29, 0.717) is 26.1 Å². The van der Waals surface area contributed by atoms with Crippen LogP contribution in [-0.2, 0) is 20.7 Å². The van der Waals surface area contributed by atoms with Crippen LogP contribution in [0.15, 0.2) is 48.8 Å². The fourth-order valence-electron chi connectivity index (χ4n) is 4.86. The third-order valence-electron chi connectivity index (χ3n) is 6.50. The normalized spacial score (nSPS) is 22.2. The Balaban J connectivity index is 1.57. The van der Waals surface area contributed by atoms with Crippen LogP contribution in [0.25, 0.3) is 11.1 Å². The topological polar surface area (TPSA) is 71.5 Å². The molecule has 1 atom stereocenters. The average molecular weight is 422 g/mol. The molecule has 1 aromatic carbocycles. The third-order valence-corrected chi connectivity index (χ3v) is 6.50. The van der Waals surface area contributed by atoms with Gasteiger partial charge in [-0.25, -0.2) is 0 Å². The van der Waals surface area contributed by atoms with Crippen LogP contribution in [0.5, 0.6) is 0 Å². The summed E-state index contributed by atoms with van der Waals surface area (Å²) in [5.41, 5.74) is 1.99. The Morgan fingerprint density at radius 1 is 1.16 bits per heavy atom. The maximum absolute atomic E-state index is 13.2. The van der Waals surface area contributed by atoms with Crippen LogP contribution in [0, 0.1) is 5.92 Å². The first-order chi connectivity index (χ1) is 15.1. The van der Waals surface area contributed by atoms with Crippen molar-refractivity contribution in [2.45, 2.75) is 44.1 Å². The Hall–Kier alpha value is -2.73. The minimum Gasteiger partial charge on any atom is -0.361 e. The molecular formula is C25H31N3O3. The van der Waals surface area contributed by atoms with Crippen molar-refractivity contribution < 1.29 is 14.3 Å². The summed E-state index contributed by atoms with van der Waals surface area (Å²) in [6, 6.07) is 12.0. The Labute approximate surface area is 184 Å². The van der Waals surface area contributed by atoms with Gasteiger partial charge in [-0.05, 0) is 35.6 Å². The van der Waals surface area contributed by atoms with Crippen molar-refractivity contribution in [1.82, 2.24) is 15.2 Å². The van der Waals surface area contributed by atoms with Crippen molar-refractivity contribution in [1.29, 1.82) is 0 Å². The van der Waals surface area contributed by atoms with Gasteiger partial charge in [0, 0.05) is 38.3 Å². The fourth-order valence-corrected chi connectivity index (χ4v) is 4.86. The second kappa shape index (κ2) is 9.60. The van der Waals surface area contributed by atoms with E-state index in [1.54, 1.807) is 13.2 Å². The summed E-state index contributed by atoms with van der Waals surface area (Å²) < 4.78 is 6.12. The number of pyridine rings is 1. The standard InChI is InChI=1S/C25H31N3O3/c1-26-24(30)25(16-19-7-5-10-21(15-19)22-11-6-12-27-17-22)18-28(13-14-31-25)23(29)20-8-3-2-4-9-20/h5-7,10-12,15,17,20H,2-4,8-9,13-14,16,18H2,1H3,(H,26,30)/t25-/m0/s1. The van der Waals surface area contributed by atoms with Gasteiger partial charge in [0.1, 0.15) is 0 Å². The maximum Gasteiger partial charge on any atom is 0.254 e. The van der Waals surface area contributed by atoms with Gasteiger partial charge >= 0.3 is 0 Å². The zero-order valence-corrected chi connectivity index (χ0v) is 18.2. The van der Waals surface area contributed by atoms with Gasteiger partial charge in [0.2, 0.25) is 5.91 Å². The Morgan fingerprint density at radius 2 is 1.97 bits per heavy atom. The van der Waals surface area contributed by atoms with Crippen LogP contribution in [0.2, 0.25) is 0 Å². The van der Waals surface area contributed by atoms with Crippen molar-refractivity contribution >= 4 is 11.8 Å². The summed E-state index contributed by atoms with van der Waals surface area (Å²) in [7, 11) is 1.63. The van der Waals surface area contributed by atoms with E-state index in [0.717, 1.165) is 42.4 Å². The molecule has 0 radical (unpaired) electrons. The second-order valence-electron chi connectivity index (χ2n) is 8.64. The molecule has 1 aliphatic carbocycles. The van der Waals surface area contributed by atoms with Crippen LogP contribution in [0.4, 0.5) is 0 Å². The molecule has 31 heavy (non-hydrogen) atoms. The van der Waals surface area contributed by atoms with Gasteiger partial charge in [0.15, 0.2) is 5.60 Å². The molecule has 0 spiro atoms.